The van der Waals surface area contributed by atoms with Crippen molar-refractivity contribution in [2.45, 2.75) is 25.7 Å². The van der Waals surface area contributed by atoms with Gasteiger partial charge in [-0.1, -0.05) is 0 Å². The molecule has 2 saturated heterocycles. The Morgan fingerprint density at radius 3 is 2.64 bits per heavy atom. The predicted molar refractivity (Wildman–Crippen MR) is 90.0 cm³/mol. The standard InChI is InChI=1S/C15H20N4OS.ClH/c20-13(12-11-19-9-10-21-14(19)17-12)18-7-3-15(4-8-18)1-5-16-6-2-15;/h9-11,16H,1-8H2;1H. The third-order valence-corrected chi connectivity index (χ3v) is 5.86. The summed E-state index contributed by atoms with van der Waals surface area (Å²) in [4.78, 5) is 19.9. The summed E-state index contributed by atoms with van der Waals surface area (Å²) in [5.41, 5.74) is 1.07. The molecular formula is C15H21ClN4OS. The Hall–Kier alpha value is -1.11. The predicted octanol–water partition coefficient (Wildman–Crippen LogP) is 2.42. The average molecular weight is 341 g/mol. The number of carbonyl (C=O) groups is 1. The van der Waals surface area contributed by atoms with E-state index in [1.807, 2.05) is 27.1 Å². The topological polar surface area (TPSA) is 49.6 Å². The molecule has 1 N–H and O–H groups in total. The lowest BCUT2D eigenvalue weighted by Crippen LogP contribution is -2.47. The Bertz CT molecular complexity index is 623. The Balaban J connectivity index is 0.00000144. The highest BCUT2D eigenvalue weighted by Crippen LogP contribution is 2.39. The van der Waals surface area contributed by atoms with E-state index >= 15 is 0 Å². The second-order valence-electron chi connectivity index (χ2n) is 6.26. The second-order valence-corrected chi connectivity index (χ2v) is 7.13. The number of fused-ring (bicyclic) bond motifs is 1. The van der Waals surface area contributed by atoms with Gasteiger partial charge in [0.15, 0.2) is 4.96 Å². The molecule has 1 spiro atoms. The second kappa shape index (κ2) is 6.18. The van der Waals surface area contributed by atoms with E-state index in [1.54, 1.807) is 11.3 Å². The van der Waals surface area contributed by atoms with Gasteiger partial charge in [-0.25, -0.2) is 4.98 Å². The summed E-state index contributed by atoms with van der Waals surface area (Å²) >= 11 is 1.56. The van der Waals surface area contributed by atoms with E-state index in [2.05, 4.69) is 10.3 Å². The Labute approximate surface area is 140 Å². The number of piperidine rings is 2. The minimum atomic E-state index is 0. The Morgan fingerprint density at radius 2 is 1.95 bits per heavy atom. The smallest absolute Gasteiger partial charge is 0.274 e. The minimum absolute atomic E-state index is 0. The number of aromatic nitrogens is 2. The van der Waals surface area contributed by atoms with E-state index < -0.39 is 0 Å². The maximum absolute atomic E-state index is 12.6. The summed E-state index contributed by atoms with van der Waals surface area (Å²) in [5.74, 6) is 0.0923. The third-order valence-electron chi connectivity index (χ3n) is 5.09. The van der Waals surface area contributed by atoms with Gasteiger partial charge < -0.3 is 10.2 Å². The Kier molecular flexibility index (Phi) is 4.43. The largest absolute Gasteiger partial charge is 0.337 e. The molecule has 0 bridgehead atoms. The fraction of sp³-hybridized carbons (Fsp3) is 0.600. The van der Waals surface area contributed by atoms with Crippen LogP contribution < -0.4 is 5.32 Å². The summed E-state index contributed by atoms with van der Waals surface area (Å²) in [6.07, 6.45) is 8.60. The number of thiazole rings is 1. The SMILES string of the molecule is Cl.O=C(c1cn2ccsc2n1)N1CCC2(CCNCC2)CC1. The number of likely N-dealkylation sites (tertiary alicyclic amines) is 1. The van der Waals surface area contributed by atoms with Crippen LogP contribution in [-0.2, 0) is 0 Å². The molecular weight excluding hydrogens is 320 g/mol. The summed E-state index contributed by atoms with van der Waals surface area (Å²) in [6, 6.07) is 0. The Morgan fingerprint density at radius 1 is 1.23 bits per heavy atom. The van der Waals surface area contributed by atoms with Crippen molar-refractivity contribution in [3.05, 3.63) is 23.5 Å². The van der Waals surface area contributed by atoms with Gasteiger partial charge in [0.05, 0.1) is 0 Å². The zero-order valence-corrected chi connectivity index (χ0v) is 14.1. The van der Waals surface area contributed by atoms with Gasteiger partial charge in [0.25, 0.3) is 5.91 Å². The molecule has 0 unspecified atom stereocenters. The number of amides is 1. The van der Waals surface area contributed by atoms with Crippen LogP contribution in [0.1, 0.15) is 36.2 Å². The zero-order valence-electron chi connectivity index (χ0n) is 12.5. The summed E-state index contributed by atoms with van der Waals surface area (Å²) < 4.78 is 1.93. The molecule has 0 atom stereocenters. The molecule has 0 aliphatic carbocycles. The number of nitrogens with zero attached hydrogens (tertiary/aromatic N) is 3. The summed E-state index contributed by atoms with van der Waals surface area (Å²) in [6.45, 7) is 4.02. The van der Waals surface area contributed by atoms with Crippen molar-refractivity contribution in [1.82, 2.24) is 19.6 Å². The third kappa shape index (κ3) is 2.75. The van der Waals surface area contributed by atoms with E-state index in [4.69, 9.17) is 0 Å². The molecule has 0 saturated carbocycles. The maximum atomic E-state index is 12.6. The van der Waals surface area contributed by atoms with E-state index in [0.29, 0.717) is 11.1 Å². The fourth-order valence-electron chi connectivity index (χ4n) is 3.63. The van der Waals surface area contributed by atoms with Gasteiger partial charge in [-0.3, -0.25) is 9.20 Å². The molecule has 4 heterocycles. The summed E-state index contributed by atoms with van der Waals surface area (Å²) in [7, 11) is 0. The van der Waals surface area contributed by atoms with Crippen LogP contribution in [0.25, 0.3) is 4.96 Å². The maximum Gasteiger partial charge on any atom is 0.274 e. The number of carbonyl (C=O) groups excluding carboxylic acids is 1. The monoisotopic (exact) mass is 340 g/mol. The van der Waals surface area contributed by atoms with E-state index in [1.165, 1.54) is 12.8 Å². The van der Waals surface area contributed by atoms with Crippen LogP contribution in [0, 0.1) is 5.41 Å². The first-order valence-electron chi connectivity index (χ1n) is 7.68. The van der Waals surface area contributed by atoms with Gasteiger partial charge in [-0.2, -0.15) is 0 Å². The first kappa shape index (κ1) is 15.8. The lowest BCUT2D eigenvalue weighted by Gasteiger charge is -2.44. The number of halogens is 1. The van der Waals surface area contributed by atoms with E-state index in [-0.39, 0.29) is 18.3 Å². The van der Waals surface area contributed by atoms with Crippen molar-refractivity contribution >= 4 is 34.6 Å². The minimum Gasteiger partial charge on any atom is -0.337 e. The molecule has 4 rings (SSSR count). The number of hydrogen-bond acceptors (Lipinski definition) is 4. The molecule has 1 amide bonds. The first-order valence-corrected chi connectivity index (χ1v) is 8.56. The first-order chi connectivity index (χ1) is 10.3. The van der Waals surface area contributed by atoms with Crippen molar-refractivity contribution in [2.75, 3.05) is 26.2 Å². The normalized spacial score (nSPS) is 21.0. The van der Waals surface area contributed by atoms with Crippen LogP contribution in [0.4, 0.5) is 0 Å². The van der Waals surface area contributed by atoms with Gasteiger partial charge in [-0.05, 0) is 44.2 Å². The number of nitrogens with one attached hydrogen (secondary N) is 1. The summed E-state index contributed by atoms with van der Waals surface area (Å²) in [5, 5.41) is 5.42. The molecule has 2 aromatic heterocycles. The van der Waals surface area contributed by atoms with Gasteiger partial charge in [0, 0.05) is 30.9 Å². The van der Waals surface area contributed by atoms with Crippen LogP contribution in [0.3, 0.4) is 0 Å². The highest BCUT2D eigenvalue weighted by molar-refractivity contribution is 7.15. The highest BCUT2D eigenvalue weighted by atomic mass is 35.5. The van der Waals surface area contributed by atoms with Crippen molar-refractivity contribution in [2.24, 2.45) is 5.41 Å². The number of rotatable bonds is 1. The molecule has 2 aromatic rings. The molecule has 2 fully saturated rings. The van der Waals surface area contributed by atoms with Gasteiger partial charge in [0.2, 0.25) is 0 Å². The van der Waals surface area contributed by atoms with Gasteiger partial charge in [0.1, 0.15) is 5.69 Å². The molecule has 0 radical (unpaired) electrons. The van der Waals surface area contributed by atoms with Crippen molar-refractivity contribution in [3.8, 4) is 0 Å². The molecule has 22 heavy (non-hydrogen) atoms. The fourth-order valence-corrected chi connectivity index (χ4v) is 4.33. The molecule has 2 aliphatic rings. The van der Waals surface area contributed by atoms with E-state index in [0.717, 1.165) is 44.0 Å². The lowest BCUT2D eigenvalue weighted by atomic mass is 9.71. The van der Waals surface area contributed by atoms with Crippen LogP contribution in [-0.4, -0.2) is 46.4 Å². The molecule has 120 valence electrons. The van der Waals surface area contributed by atoms with E-state index in [9.17, 15) is 4.79 Å². The quantitative estimate of drug-likeness (QED) is 0.867. The van der Waals surface area contributed by atoms with Crippen LogP contribution in [0.15, 0.2) is 17.8 Å². The molecule has 0 aromatic carbocycles. The van der Waals surface area contributed by atoms with Crippen molar-refractivity contribution in [3.63, 3.8) is 0 Å². The number of imidazole rings is 1. The average Bonchev–Trinajstić information content (AvgIpc) is 3.09. The van der Waals surface area contributed by atoms with Crippen LogP contribution in [0.5, 0.6) is 0 Å². The molecule has 2 aliphatic heterocycles. The van der Waals surface area contributed by atoms with Crippen molar-refractivity contribution < 1.29 is 4.79 Å². The number of hydrogen-bond donors (Lipinski definition) is 1. The van der Waals surface area contributed by atoms with Gasteiger partial charge >= 0.3 is 0 Å². The highest BCUT2D eigenvalue weighted by Gasteiger charge is 2.37. The molecule has 7 heteroatoms. The zero-order chi connectivity index (χ0) is 14.3. The van der Waals surface area contributed by atoms with Crippen LogP contribution in [0.2, 0.25) is 0 Å². The van der Waals surface area contributed by atoms with Gasteiger partial charge in [-0.15, -0.1) is 23.7 Å². The molecule has 5 nitrogen and oxygen atoms in total. The van der Waals surface area contributed by atoms with Crippen molar-refractivity contribution in [1.29, 1.82) is 0 Å². The van der Waals surface area contributed by atoms with Crippen LogP contribution >= 0.6 is 23.7 Å². The lowest BCUT2D eigenvalue weighted by molar-refractivity contribution is 0.0491.